The van der Waals surface area contributed by atoms with Crippen molar-refractivity contribution in [1.29, 1.82) is 0 Å². The average Bonchev–Trinajstić information content (AvgIpc) is 2.38. The molecule has 1 aromatic heterocycles. The lowest BCUT2D eigenvalue weighted by molar-refractivity contribution is 0.829. The molecule has 3 heteroatoms. The van der Waals surface area contributed by atoms with Crippen molar-refractivity contribution in [3.8, 4) is 0 Å². The van der Waals surface area contributed by atoms with E-state index in [1.807, 2.05) is 18.2 Å². The topological polar surface area (TPSA) is 38.9 Å². The summed E-state index contributed by atoms with van der Waals surface area (Å²) in [5.41, 5.74) is 8.59. The SMILES string of the molecule is Cc1ccc(C(N)CSc2ccccn2)cc1. The van der Waals surface area contributed by atoms with E-state index in [2.05, 4.69) is 36.2 Å². The highest BCUT2D eigenvalue weighted by Crippen LogP contribution is 2.21. The number of aromatic nitrogens is 1. The molecule has 0 fully saturated rings. The van der Waals surface area contributed by atoms with Gasteiger partial charge in [0.05, 0.1) is 5.03 Å². The Hall–Kier alpha value is -1.32. The molecule has 2 rings (SSSR count). The van der Waals surface area contributed by atoms with Crippen molar-refractivity contribution in [2.24, 2.45) is 5.73 Å². The molecule has 1 heterocycles. The van der Waals surface area contributed by atoms with Crippen molar-refractivity contribution in [1.82, 2.24) is 4.98 Å². The third-order valence-corrected chi connectivity index (χ3v) is 3.62. The fourth-order valence-corrected chi connectivity index (χ4v) is 2.37. The van der Waals surface area contributed by atoms with E-state index in [4.69, 9.17) is 5.73 Å². The highest BCUT2D eigenvalue weighted by Gasteiger charge is 2.06. The maximum absolute atomic E-state index is 6.14. The maximum Gasteiger partial charge on any atom is 0.0960 e. The van der Waals surface area contributed by atoms with Gasteiger partial charge in [-0.1, -0.05) is 35.9 Å². The molecule has 17 heavy (non-hydrogen) atoms. The number of rotatable bonds is 4. The minimum absolute atomic E-state index is 0.0580. The minimum Gasteiger partial charge on any atom is -0.323 e. The lowest BCUT2D eigenvalue weighted by Crippen LogP contribution is -2.12. The van der Waals surface area contributed by atoms with E-state index in [0.29, 0.717) is 0 Å². The van der Waals surface area contributed by atoms with Gasteiger partial charge in [0.2, 0.25) is 0 Å². The number of nitrogens with two attached hydrogens (primary N) is 1. The molecule has 0 radical (unpaired) electrons. The normalized spacial score (nSPS) is 12.4. The van der Waals surface area contributed by atoms with Gasteiger partial charge in [0.15, 0.2) is 0 Å². The fourth-order valence-electron chi connectivity index (χ4n) is 1.52. The van der Waals surface area contributed by atoms with Crippen molar-refractivity contribution in [2.75, 3.05) is 5.75 Å². The molecule has 0 bridgehead atoms. The molecule has 88 valence electrons. The Morgan fingerprint density at radius 3 is 2.59 bits per heavy atom. The Morgan fingerprint density at radius 1 is 1.18 bits per heavy atom. The Balaban J connectivity index is 1.93. The van der Waals surface area contributed by atoms with Gasteiger partial charge in [-0.2, -0.15) is 0 Å². The molecule has 2 aromatic rings. The molecule has 0 amide bonds. The van der Waals surface area contributed by atoms with Crippen molar-refractivity contribution in [2.45, 2.75) is 18.0 Å². The van der Waals surface area contributed by atoms with E-state index in [-0.39, 0.29) is 6.04 Å². The third-order valence-electron chi connectivity index (χ3n) is 2.55. The van der Waals surface area contributed by atoms with Gasteiger partial charge in [0, 0.05) is 18.0 Å². The molecule has 0 saturated heterocycles. The van der Waals surface area contributed by atoms with E-state index < -0.39 is 0 Å². The zero-order valence-corrected chi connectivity index (χ0v) is 10.7. The molecule has 0 aliphatic heterocycles. The molecule has 0 saturated carbocycles. The van der Waals surface area contributed by atoms with Gasteiger partial charge in [0.25, 0.3) is 0 Å². The molecular weight excluding hydrogens is 228 g/mol. The summed E-state index contributed by atoms with van der Waals surface area (Å²) in [4.78, 5) is 4.27. The Morgan fingerprint density at radius 2 is 1.94 bits per heavy atom. The standard InChI is InChI=1S/C14H16N2S/c1-11-5-7-12(8-6-11)13(15)10-17-14-4-2-3-9-16-14/h2-9,13H,10,15H2,1H3. The van der Waals surface area contributed by atoms with Crippen LogP contribution in [-0.4, -0.2) is 10.7 Å². The molecule has 2 N–H and O–H groups in total. The molecule has 1 atom stereocenters. The first kappa shape index (κ1) is 12.1. The number of hydrogen-bond donors (Lipinski definition) is 1. The summed E-state index contributed by atoms with van der Waals surface area (Å²) in [7, 11) is 0. The van der Waals surface area contributed by atoms with Crippen LogP contribution in [0.4, 0.5) is 0 Å². The fraction of sp³-hybridized carbons (Fsp3) is 0.214. The van der Waals surface area contributed by atoms with Crippen LogP contribution in [0.3, 0.4) is 0 Å². The van der Waals surface area contributed by atoms with Crippen LogP contribution in [0.15, 0.2) is 53.7 Å². The van der Waals surface area contributed by atoms with Gasteiger partial charge in [-0.3, -0.25) is 0 Å². The summed E-state index contributed by atoms with van der Waals surface area (Å²) < 4.78 is 0. The molecule has 0 aliphatic rings. The number of nitrogens with zero attached hydrogens (tertiary/aromatic N) is 1. The van der Waals surface area contributed by atoms with Gasteiger partial charge < -0.3 is 5.73 Å². The van der Waals surface area contributed by atoms with E-state index >= 15 is 0 Å². The first-order valence-corrected chi connectivity index (χ1v) is 6.60. The van der Waals surface area contributed by atoms with Crippen LogP contribution in [0.2, 0.25) is 0 Å². The molecule has 2 nitrogen and oxygen atoms in total. The van der Waals surface area contributed by atoms with Crippen molar-refractivity contribution in [3.05, 3.63) is 59.8 Å². The number of pyridine rings is 1. The molecular formula is C14H16N2S. The predicted molar refractivity (Wildman–Crippen MR) is 73.1 cm³/mol. The maximum atomic E-state index is 6.14. The second-order valence-corrected chi connectivity index (χ2v) is 5.04. The molecule has 1 aromatic carbocycles. The predicted octanol–water partition coefficient (Wildman–Crippen LogP) is 3.18. The van der Waals surface area contributed by atoms with Crippen molar-refractivity contribution >= 4 is 11.8 Å². The summed E-state index contributed by atoms with van der Waals surface area (Å²) in [6.07, 6.45) is 1.81. The second-order valence-electron chi connectivity index (χ2n) is 4.00. The molecule has 0 aliphatic carbocycles. The minimum atomic E-state index is 0.0580. The zero-order valence-electron chi connectivity index (χ0n) is 9.84. The largest absolute Gasteiger partial charge is 0.323 e. The second kappa shape index (κ2) is 5.84. The van der Waals surface area contributed by atoms with Crippen LogP contribution in [0.5, 0.6) is 0 Å². The quantitative estimate of drug-likeness (QED) is 0.840. The van der Waals surface area contributed by atoms with Gasteiger partial charge in [-0.25, -0.2) is 4.98 Å². The Labute approximate surface area is 106 Å². The van der Waals surface area contributed by atoms with Crippen LogP contribution in [0.1, 0.15) is 17.2 Å². The number of hydrogen-bond acceptors (Lipinski definition) is 3. The summed E-state index contributed by atoms with van der Waals surface area (Å²) in [5.74, 6) is 0.847. The lowest BCUT2D eigenvalue weighted by Gasteiger charge is -2.11. The first-order valence-electron chi connectivity index (χ1n) is 5.61. The molecule has 0 spiro atoms. The van der Waals surface area contributed by atoms with E-state index in [1.54, 1.807) is 18.0 Å². The Bertz CT molecular complexity index is 453. The van der Waals surface area contributed by atoms with Crippen LogP contribution in [-0.2, 0) is 0 Å². The highest BCUT2D eigenvalue weighted by atomic mass is 32.2. The van der Waals surface area contributed by atoms with Crippen LogP contribution in [0, 0.1) is 6.92 Å². The van der Waals surface area contributed by atoms with Crippen molar-refractivity contribution in [3.63, 3.8) is 0 Å². The summed E-state index contributed by atoms with van der Waals surface area (Å²) in [6.45, 7) is 2.08. The highest BCUT2D eigenvalue weighted by molar-refractivity contribution is 7.99. The first-order chi connectivity index (χ1) is 8.25. The average molecular weight is 244 g/mol. The van der Waals surface area contributed by atoms with Gasteiger partial charge >= 0.3 is 0 Å². The monoisotopic (exact) mass is 244 g/mol. The smallest absolute Gasteiger partial charge is 0.0960 e. The zero-order chi connectivity index (χ0) is 12.1. The van der Waals surface area contributed by atoms with Gasteiger partial charge in [-0.15, -0.1) is 11.8 Å². The summed E-state index contributed by atoms with van der Waals surface area (Å²) in [5, 5.41) is 1.02. The van der Waals surface area contributed by atoms with Crippen molar-refractivity contribution < 1.29 is 0 Å². The Kier molecular flexibility index (Phi) is 4.18. The summed E-state index contributed by atoms with van der Waals surface area (Å²) in [6, 6.07) is 14.4. The van der Waals surface area contributed by atoms with E-state index in [9.17, 15) is 0 Å². The molecule has 1 unspecified atom stereocenters. The van der Waals surface area contributed by atoms with Gasteiger partial charge in [-0.05, 0) is 24.6 Å². The van der Waals surface area contributed by atoms with E-state index in [1.165, 1.54) is 11.1 Å². The van der Waals surface area contributed by atoms with Gasteiger partial charge in [0.1, 0.15) is 0 Å². The number of benzene rings is 1. The number of aryl methyl sites for hydroxylation is 1. The number of thioether (sulfide) groups is 1. The van der Waals surface area contributed by atoms with Crippen LogP contribution >= 0.6 is 11.8 Å². The lowest BCUT2D eigenvalue weighted by atomic mass is 10.1. The van der Waals surface area contributed by atoms with E-state index in [0.717, 1.165) is 10.8 Å². The third kappa shape index (κ3) is 3.58. The summed E-state index contributed by atoms with van der Waals surface area (Å²) >= 11 is 1.69. The van der Waals surface area contributed by atoms with Crippen LogP contribution in [0.25, 0.3) is 0 Å². The van der Waals surface area contributed by atoms with Crippen LogP contribution < -0.4 is 5.73 Å².